The molecule has 2 aromatic heterocycles. The van der Waals surface area contributed by atoms with Crippen molar-refractivity contribution in [3.63, 3.8) is 0 Å². The second-order valence-electron chi connectivity index (χ2n) is 13.9. The van der Waals surface area contributed by atoms with Crippen molar-refractivity contribution >= 4 is 30.0 Å². The Bertz CT molecular complexity index is 2040. The quantitative estimate of drug-likeness (QED) is 0.127. The zero-order chi connectivity index (χ0) is 39.4. The summed E-state index contributed by atoms with van der Waals surface area (Å²) in [5, 5.41) is 5.75. The van der Waals surface area contributed by atoms with Crippen LogP contribution in [0.25, 0.3) is 16.9 Å². The molecule has 5 rings (SSSR count). The summed E-state index contributed by atoms with van der Waals surface area (Å²) >= 11 is 0. The number of aromatic nitrogens is 3. The van der Waals surface area contributed by atoms with Crippen molar-refractivity contribution in [2.45, 2.75) is 76.6 Å². The highest BCUT2D eigenvalue weighted by molar-refractivity contribution is 5.91. The molecule has 0 bridgehead atoms. The summed E-state index contributed by atoms with van der Waals surface area (Å²) in [5.41, 5.74) is 5.58. The number of rotatable bonds is 14. The molecular formula is C38H42F5N9O2. The maximum atomic E-state index is 13.9. The number of alkyl halides is 5. The lowest BCUT2D eigenvalue weighted by Crippen LogP contribution is -2.55. The Labute approximate surface area is 309 Å². The van der Waals surface area contributed by atoms with Crippen LogP contribution in [0.4, 0.5) is 22.0 Å². The van der Waals surface area contributed by atoms with Gasteiger partial charge in [0, 0.05) is 73.9 Å². The minimum Gasteiger partial charge on any atom is -0.404 e. The number of fused-ring (bicyclic) bond motifs is 1. The van der Waals surface area contributed by atoms with Gasteiger partial charge < -0.3 is 21.3 Å². The highest BCUT2D eigenvalue weighted by Crippen LogP contribution is 2.48. The predicted octanol–water partition coefficient (Wildman–Crippen LogP) is 6.52. The maximum Gasteiger partial charge on any atom is 0.419 e. The fourth-order valence-electron chi connectivity index (χ4n) is 5.94. The third-order valence-corrected chi connectivity index (χ3v) is 8.86. The van der Waals surface area contributed by atoms with E-state index in [1.54, 1.807) is 49.6 Å². The molecule has 16 heteroatoms. The number of nitrogens with one attached hydrogen (secondary N) is 2. The molecule has 1 aliphatic heterocycles. The lowest BCUT2D eigenvalue weighted by molar-refractivity contribution is -0.130. The Morgan fingerprint density at radius 3 is 2.46 bits per heavy atom. The van der Waals surface area contributed by atoms with Crippen LogP contribution in [0.15, 0.2) is 101 Å². The van der Waals surface area contributed by atoms with Gasteiger partial charge in [0.1, 0.15) is 17.6 Å². The molecule has 0 saturated heterocycles. The Balaban J connectivity index is 1.30. The van der Waals surface area contributed by atoms with Gasteiger partial charge >= 0.3 is 6.18 Å². The van der Waals surface area contributed by atoms with Crippen LogP contribution >= 0.6 is 0 Å². The van der Waals surface area contributed by atoms with Crippen LogP contribution < -0.4 is 16.4 Å². The molecular weight excluding hydrogens is 709 g/mol. The second kappa shape index (κ2) is 15.7. The molecule has 3 unspecified atom stereocenters. The van der Waals surface area contributed by atoms with Gasteiger partial charge in [-0.25, -0.2) is 15.0 Å². The Hall–Kier alpha value is -5.67. The number of benzene rings is 1. The van der Waals surface area contributed by atoms with Gasteiger partial charge in [-0.15, -0.1) is 0 Å². The van der Waals surface area contributed by atoms with Crippen LogP contribution in [0, 0.1) is 5.92 Å². The summed E-state index contributed by atoms with van der Waals surface area (Å²) in [6, 6.07) is 6.45. The van der Waals surface area contributed by atoms with Crippen molar-refractivity contribution in [2.75, 3.05) is 6.54 Å². The van der Waals surface area contributed by atoms with Gasteiger partial charge in [-0.05, 0) is 49.8 Å². The van der Waals surface area contributed by atoms with Crippen molar-refractivity contribution in [2.24, 2.45) is 21.6 Å². The summed E-state index contributed by atoms with van der Waals surface area (Å²) in [6.07, 6.45) is 9.00. The molecule has 0 radical (unpaired) electrons. The highest BCUT2D eigenvalue weighted by atomic mass is 19.4. The molecule has 4 N–H and O–H groups in total. The van der Waals surface area contributed by atoms with Gasteiger partial charge in [0.2, 0.25) is 17.6 Å². The minimum absolute atomic E-state index is 0.0660. The first-order chi connectivity index (χ1) is 25.4. The van der Waals surface area contributed by atoms with Crippen LogP contribution in [0.3, 0.4) is 0 Å². The molecule has 54 heavy (non-hydrogen) atoms. The monoisotopic (exact) mass is 751 g/mol. The van der Waals surface area contributed by atoms with E-state index < -0.39 is 41.1 Å². The predicted molar refractivity (Wildman–Crippen MR) is 196 cm³/mol. The zero-order valence-electron chi connectivity index (χ0n) is 30.2. The average Bonchev–Trinajstić information content (AvgIpc) is 3.78. The molecule has 3 aromatic rings. The Morgan fingerprint density at radius 2 is 1.83 bits per heavy atom. The molecule has 286 valence electrons. The molecule has 1 saturated carbocycles. The summed E-state index contributed by atoms with van der Waals surface area (Å²) in [7, 11) is 0. The fraction of sp³-hybridized carbons (Fsp3) is 0.368. The minimum atomic E-state index is -4.68. The number of nitrogens with two attached hydrogens (primary N) is 1. The third kappa shape index (κ3) is 9.65. The van der Waals surface area contributed by atoms with Crippen molar-refractivity contribution in [1.82, 2.24) is 29.9 Å². The van der Waals surface area contributed by atoms with E-state index in [0.29, 0.717) is 42.3 Å². The summed E-state index contributed by atoms with van der Waals surface area (Å²) in [6.45, 7) is 9.70. The van der Waals surface area contributed by atoms with Crippen molar-refractivity contribution in [3.05, 3.63) is 102 Å². The van der Waals surface area contributed by atoms with Crippen molar-refractivity contribution < 1.29 is 31.5 Å². The highest BCUT2D eigenvalue weighted by Gasteiger charge is 2.45. The van der Waals surface area contributed by atoms with E-state index in [0.717, 1.165) is 18.1 Å². The zero-order valence-corrected chi connectivity index (χ0v) is 30.2. The van der Waals surface area contributed by atoms with Crippen LogP contribution in [-0.2, 0) is 15.5 Å². The van der Waals surface area contributed by atoms with E-state index in [2.05, 4.69) is 37.2 Å². The van der Waals surface area contributed by atoms with Crippen LogP contribution in [-0.4, -0.2) is 67.8 Å². The van der Waals surface area contributed by atoms with E-state index in [9.17, 15) is 31.5 Å². The van der Waals surface area contributed by atoms with Crippen molar-refractivity contribution in [3.8, 4) is 11.1 Å². The topological polar surface area (TPSA) is 142 Å². The molecule has 2 aliphatic rings. The largest absolute Gasteiger partial charge is 0.419 e. The molecule has 0 spiro atoms. The smallest absolute Gasteiger partial charge is 0.404 e. The third-order valence-electron chi connectivity index (χ3n) is 8.86. The van der Waals surface area contributed by atoms with Gasteiger partial charge in [0.15, 0.2) is 0 Å². The second-order valence-corrected chi connectivity index (χ2v) is 13.9. The summed E-state index contributed by atoms with van der Waals surface area (Å²) < 4.78 is 68.4. The first-order valence-corrected chi connectivity index (χ1v) is 17.2. The first-order valence-electron chi connectivity index (χ1n) is 17.2. The van der Waals surface area contributed by atoms with Gasteiger partial charge in [0.25, 0.3) is 5.92 Å². The average molecular weight is 752 g/mol. The molecule has 3 heterocycles. The normalized spacial score (nSPS) is 18.8. The number of halogens is 5. The number of hydrogen-bond acceptors (Lipinski definition) is 8. The van der Waals surface area contributed by atoms with Gasteiger partial charge in [0.05, 0.1) is 17.7 Å². The number of nitrogens with zero attached hydrogens (tertiary/aromatic N) is 6. The van der Waals surface area contributed by atoms with Gasteiger partial charge in [-0.2, -0.15) is 22.0 Å². The van der Waals surface area contributed by atoms with E-state index in [1.165, 1.54) is 10.6 Å². The fourth-order valence-corrected chi connectivity index (χ4v) is 5.94. The molecule has 3 atom stereocenters. The Kier molecular flexibility index (Phi) is 11.5. The van der Waals surface area contributed by atoms with Crippen LogP contribution in [0.5, 0.6) is 0 Å². The van der Waals surface area contributed by atoms with Crippen molar-refractivity contribution in [1.29, 1.82) is 0 Å². The van der Waals surface area contributed by atoms with Gasteiger partial charge in [-0.3, -0.25) is 19.0 Å². The number of allylic oxidation sites excluding steroid dienone is 3. The van der Waals surface area contributed by atoms with Gasteiger partial charge in [-0.1, -0.05) is 43.8 Å². The molecule has 2 amide bonds. The maximum absolute atomic E-state index is 13.9. The molecule has 11 nitrogen and oxygen atoms in total. The Morgan fingerprint density at radius 1 is 1.11 bits per heavy atom. The van der Waals surface area contributed by atoms with E-state index >= 15 is 0 Å². The van der Waals surface area contributed by atoms with E-state index in [4.69, 9.17) is 5.73 Å². The number of carbonyl (C=O) groups is 2. The number of imidazole rings is 1. The number of aliphatic imine (C=N–C) groups is 2. The summed E-state index contributed by atoms with van der Waals surface area (Å²) in [5.74, 6) is -3.93. The number of carbonyl (C=O) groups excluding carboxylic acids is 2. The molecule has 1 fully saturated rings. The lowest BCUT2D eigenvalue weighted by atomic mass is 10.0. The number of hydrogen-bond donors (Lipinski definition) is 3. The van der Waals surface area contributed by atoms with E-state index in [1.807, 2.05) is 37.3 Å². The lowest BCUT2D eigenvalue weighted by Gasteiger charge is -2.31. The molecule has 1 aromatic carbocycles. The van der Waals surface area contributed by atoms with Crippen LogP contribution in [0.2, 0.25) is 0 Å². The SMILES string of the molecule is C=C1N=CC=CN1/C(=C\CC)CC(NC(=O)C1CC1c1ccc(-c2cnc3nc(C(C)(F)F)cn3c2)cc1)C(=O)NC(C)(C)CN=C/C(=C\N)C(F)(F)F. The first kappa shape index (κ1) is 39.5. The van der Waals surface area contributed by atoms with E-state index in [-0.39, 0.29) is 36.3 Å². The number of amides is 2. The molecule has 1 aliphatic carbocycles. The summed E-state index contributed by atoms with van der Waals surface area (Å²) in [4.78, 5) is 45.5. The van der Waals surface area contributed by atoms with Crippen LogP contribution in [0.1, 0.15) is 64.1 Å². The standard InChI is InChI=1S/C38H42F5N9O2/c1-6-8-28(52-14-7-13-46-23(52)2)15-31(34(54)50-36(3,4)22-45-19-27(17-44)38(41,42)43)48-33(53)30-16-29(30)25-11-9-24(10-12-25)26-18-47-35-49-32(37(5,39)40)21-51(35)20-26/h7-14,17-21,29-31H,2,6,15-16,22,44H2,1,3-5H3,(H,48,53)(H,50,54)/b27-17+,28-8-,45-19?.